The number of carboxylic acids is 1. The number of benzene rings is 1. The minimum atomic E-state index is -1.13. The summed E-state index contributed by atoms with van der Waals surface area (Å²) in [6, 6.07) is 8.07. The number of nitrogens with zero attached hydrogens (tertiary/aromatic N) is 2. The van der Waals surface area contributed by atoms with E-state index in [1.54, 1.807) is 31.4 Å². The molecule has 0 saturated heterocycles. The molecule has 0 atom stereocenters. The molecule has 2 rings (SSSR count). The van der Waals surface area contributed by atoms with Gasteiger partial charge in [-0.2, -0.15) is 4.98 Å². The molecule has 1 heterocycles. The Morgan fingerprint density at radius 2 is 1.83 bits per heavy atom. The molecule has 0 saturated carbocycles. The zero-order valence-electron chi connectivity index (χ0n) is 9.53. The van der Waals surface area contributed by atoms with Gasteiger partial charge in [0.2, 0.25) is 0 Å². The first-order chi connectivity index (χ1) is 8.69. The van der Waals surface area contributed by atoms with Crippen molar-refractivity contribution in [2.75, 3.05) is 7.11 Å². The first-order valence-corrected chi connectivity index (χ1v) is 5.07. The second kappa shape index (κ2) is 5.13. The van der Waals surface area contributed by atoms with Crippen LogP contribution in [0.3, 0.4) is 0 Å². The van der Waals surface area contributed by atoms with Crippen LogP contribution < -0.4 is 9.47 Å². The molecule has 0 amide bonds. The van der Waals surface area contributed by atoms with Crippen molar-refractivity contribution >= 4 is 5.97 Å². The number of aromatic nitrogens is 2. The zero-order chi connectivity index (χ0) is 13.0. The van der Waals surface area contributed by atoms with Gasteiger partial charge in [-0.05, 0) is 30.3 Å². The molecule has 0 fully saturated rings. The normalized spacial score (nSPS) is 9.83. The molecule has 1 N–H and O–H groups in total. The number of carboxylic acid groups (broad SMARTS) is 1. The Hall–Kier alpha value is -2.63. The summed E-state index contributed by atoms with van der Waals surface area (Å²) in [5.41, 5.74) is -0.117. The Morgan fingerprint density at radius 1 is 1.17 bits per heavy atom. The van der Waals surface area contributed by atoms with Crippen molar-refractivity contribution in [2.24, 2.45) is 0 Å². The zero-order valence-corrected chi connectivity index (χ0v) is 9.53. The molecule has 0 aliphatic rings. The highest BCUT2D eigenvalue weighted by Gasteiger charge is 2.07. The molecule has 6 heteroatoms. The second-order valence-corrected chi connectivity index (χ2v) is 3.31. The summed E-state index contributed by atoms with van der Waals surface area (Å²) in [4.78, 5) is 18.3. The molecule has 2 aromatic rings. The average molecular weight is 246 g/mol. The summed E-state index contributed by atoms with van der Waals surface area (Å²) in [7, 11) is 1.56. The van der Waals surface area contributed by atoms with E-state index < -0.39 is 5.97 Å². The van der Waals surface area contributed by atoms with E-state index >= 15 is 0 Å². The SMILES string of the molecule is COc1ccc(Oc2nccc(C(=O)O)n2)cc1. The highest BCUT2D eigenvalue weighted by molar-refractivity contribution is 5.85. The molecule has 0 spiro atoms. The summed E-state index contributed by atoms with van der Waals surface area (Å²) in [5.74, 6) is 0.0675. The second-order valence-electron chi connectivity index (χ2n) is 3.31. The van der Waals surface area contributed by atoms with Crippen LogP contribution in [0.2, 0.25) is 0 Å². The molecule has 6 nitrogen and oxygen atoms in total. The van der Waals surface area contributed by atoms with E-state index in [-0.39, 0.29) is 11.7 Å². The smallest absolute Gasteiger partial charge is 0.354 e. The predicted molar refractivity (Wildman–Crippen MR) is 62.1 cm³/mol. The summed E-state index contributed by atoms with van der Waals surface area (Å²) >= 11 is 0. The summed E-state index contributed by atoms with van der Waals surface area (Å²) < 4.78 is 10.3. The van der Waals surface area contributed by atoms with Crippen molar-refractivity contribution < 1.29 is 19.4 Å². The van der Waals surface area contributed by atoms with Crippen molar-refractivity contribution in [3.63, 3.8) is 0 Å². The number of carbonyl (C=O) groups is 1. The maximum Gasteiger partial charge on any atom is 0.354 e. The van der Waals surface area contributed by atoms with E-state index in [9.17, 15) is 4.79 Å². The van der Waals surface area contributed by atoms with Gasteiger partial charge in [-0.15, -0.1) is 0 Å². The molecule has 0 aliphatic heterocycles. The maximum absolute atomic E-state index is 10.7. The van der Waals surface area contributed by atoms with Gasteiger partial charge < -0.3 is 14.6 Å². The molecular formula is C12H10N2O4. The van der Waals surface area contributed by atoms with Gasteiger partial charge in [0.25, 0.3) is 0 Å². The first-order valence-electron chi connectivity index (χ1n) is 5.07. The number of hydrogen-bond donors (Lipinski definition) is 1. The Labute approximate surface area is 103 Å². The van der Waals surface area contributed by atoms with E-state index in [1.807, 2.05) is 0 Å². The van der Waals surface area contributed by atoms with Gasteiger partial charge in [0, 0.05) is 6.20 Å². The minimum absolute atomic E-state index is 0.0138. The Bertz CT molecular complexity index is 554. The third-order valence-corrected chi connectivity index (χ3v) is 2.12. The standard InChI is InChI=1S/C12H10N2O4/c1-17-8-2-4-9(5-3-8)18-12-13-7-6-10(14-12)11(15)16/h2-7H,1H3,(H,15,16). The Morgan fingerprint density at radius 3 is 2.44 bits per heavy atom. The molecular weight excluding hydrogens is 236 g/mol. The fraction of sp³-hybridized carbons (Fsp3) is 0.0833. The quantitative estimate of drug-likeness (QED) is 0.888. The van der Waals surface area contributed by atoms with Gasteiger partial charge in [0.1, 0.15) is 11.5 Å². The molecule has 1 aromatic carbocycles. The van der Waals surface area contributed by atoms with Crippen LogP contribution in [0.5, 0.6) is 17.5 Å². The fourth-order valence-corrected chi connectivity index (χ4v) is 1.26. The Balaban J connectivity index is 2.17. The molecule has 0 unspecified atom stereocenters. The van der Waals surface area contributed by atoms with Crippen molar-refractivity contribution in [1.82, 2.24) is 9.97 Å². The predicted octanol–water partition coefficient (Wildman–Crippen LogP) is 1.98. The molecule has 0 bridgehead atoms. The number of aromatic carboxylic acids is 1. The molecule has 92 valence electrons. The monoisotopic (exact) mass is 246 g/mol. The minimum Gasteiger partial charge on any atom is -0.497 e. The van der Waals surface area contributed by atoms with Crippen LogP contribution in [0, 0.1) is 0 Å². The van der Waals surface area contributed by atoms with Crippen LogP contribution in [0.4, 0.5) is 0 Å². The topological polar surface area (TPSA) is 81.5 Å². The van der Waals surface area contributed by atoms with Gasteiger partial charge in [-0.3, -0.25) is 0 Å². The lowest BCUT2D eigenvalue weighted by Gasteiger charge is -2.05. The number of hydrogen-bond acceptors (Lipinski definition) is 5. The van der Waals surface area contributed by atoms with Crippen LogP contribution in [0.25, 0.3) is 0 Å². The summed E-state index contributed by atoms with van der Waals surface area (Å²) in [6.45, 7) is 0. The average Bonchev–Trinajstić information content (AvgIpc) is 2.40. The van der Waals surface area contributed by atoms with E-state index in [2.05, 4.69) is 9.97 Å². The fourth-order valence-electron chi connectivity index (χ4n) is 1.26. The number of rotatable bonds is 4. The van der Waals surface area contributed by atoms with Crippen molar-refractivity contribution in [1.29, 1.82) is 0 Å². The van der Waals surface area contributed by atoms with Gasteiger partial charge in [-0.1, -0.05) is 0 Å². The van der Waals surface area contributed by atoms with Gasteiger partial charge >= 0.3 is 12.0 Å². The van der Waals surface area contributed by atoms with Gasteiger partial charge in [-0.25, -0.2) is 9.78 Å². The molecule has 0 aliphatic carbocycles. The number of ether oxygens (including phenoxy) is 2. The third-order valence-electron chi connectivity index (χ3n) is 2.12. The van der Waals surface area contributed by atoms with Crippen LogP contribution >= 0.6 is 0 Å². The van der Waals surface area contributed by atoms with E-state index in [0.717, 1.165) is 0 Å². The maximum atomic E-state index is 10.7. The van der Waals surface area contributed by atoms with E-state index in [4.69, 9.17) is 14.6 Å². The van der Waals surface area contributed by atoms with Gasteiger partial charge in [0.05, 0.1) is 7.11 Å². The largest absolute Gasteiger partial charge is 0.497 e. The van der Waals surface area contributed by atoms with E-state index in [1.165, 1.54) is 12.3 Å². The highest BCUT2D eigenvalue weighted by atomic mass is 16.5. The summed E-state index contributed by atoms with van der Waals surface area (Å²) in [5, 5.41) is 8.78. The Kier molecular flexibility index (Phi) is 3.38. The molecule has 18 heavy (non-hydrogen) atoms. The van der Waals surface area contributed by atoms with Crippen LogP contribution in [0.15, 0.2) is 36.5 Å². The van der Waals surface area contributed by atoms with Crippen LogP contribution in [0.1, 0.15) is 10.5 Å². The van der Waals surface area contributed by atoms with Crippen LogP contribution in [-0.2, 0) is 0 Å². The lowest BCUT2D eigenvalue weighted by Crippen LogP contribution is -2.02. The molecule has 0 radical (unpaired) electrons. The van der Waals surface area contributed by atoms with Crippen molar-refractivity contribution in [3.05, 3.63) is 42.2 Å². The van der Waals surface area contributed by atoms with Crippen molar-refractivity contribution in [3.8, 4) is 17.5 Å². The highest BCUT2D eigenvalue weighted by Crippen LogP contribution is 2.21. The third kappa shape index (κ3) is 2.73. The molecule has 1 aromatic heterocycles. The lowest BCUT2D eigenvalue weighted by atomic mass is 10.3. The summed E-state index contributed by atoms with van der Waals surface area (Å²) in [6.07, 6.45) is 1.33. The van der Waals surface area contributed by atoms with Crippen LogP contribution in [-0.4, -0.2) is 28.2 Å². The number of methoxy groups -OCH3 is 1. The first kappa shape index (κ1) is 11.8. The van der Waals surface area contributed by atoms with Crippen molar-refractivity contribution in [2.45, 2.75) is 0 Å². The van der Waals surface area contributed by atoms with Gasteiger partial charge in [0.15, 0.2) is 5.69 Å². The lowest BCUT2D eigenvalue weighted by molar-refractivity contribution is 0.0689. The van der Waals surface area contributed by atoms with E-state index in [0.29, 0.717) is 11.5 Å².